The standard InChI is InChI=1S/C16H15NO3S/c1-10-8-9-11(2)16-15(10)13-6-4-5-7-14(13)21(19,20)17(16)12(3)18/h4-9H,1-3H3. The van der Waals surface area contributed by atoms with Gasteiger partial charge < -0.3 is 0 Å². The van der Waals surface area contributed by atoms with Crippen LogP contribution in [0, 0.1) is 13.8 Å². The minimum Gasteiger partial charge on any atom is -0.274 e. The molecule has 1 aliphatic rings. The lowest BCUT2D eigenvalue weighted by Crippen LogP contribution is -2.38. The van der Waals surface area contributed by atoms with Gasteiger partial charge in [0.15, 0.2) is 0 Å². The molecular weight excluding hydrogens is 286 g/mol. The number of hydrogen-bond acceptors (Lipinski definition) is 3. The molecule has 0 unspecified atom stereocenters. The SMILES string of the molecule is CC(=O)N1c2c(C)ccc(C)c2-c2ccccc2S1(=O)=O. The first-order valence-corrected chi connectivity index (χ1v) is 8.05. The molecule has 2 aromatic rings. The van der Waals surface area contributed by atoms with Crippen molar-refractivity contribution in [1.82, 2.24) is 0 Å². The van der Waals surface area contributed by atoms with E-state index in [1.54, 1.807) is 18.2 Å². The van der Waals surface area contributed by atoms with Crippen molar-refractivity contribution in [3.05, 3.63) is 47.5 Å². The number of hydrogen-bond donors (Lipinski definition) is 0. The summed E-state index contributed by atoms with van der Waals surface area (Å²) in [5.74, 6) is -0.501. The maximum Gasteiger partial charge on any atom is 0.271 e. The van der Waals surface area contributed by atoms with E-state index in [2.05, 4.69) is 0 Å². The summed E-state index contributed by atoms with van der Waals surface area (Å²) in [6.45, 7) is 5.01. The van der Waals surface area contributed by atoms with Crippen LogP contribution >= 0.6 is 0 Å². The molecule has 108 valence electrons. The number of sulfonamides is 1. The normalized spacial score (nSPS) is 15.3. The zero-order valence-electron chi connectivity index (χ0n) is 12.0. The zero-order chi connectivity index (χ0) is 15.4. The Kier molecular flexibility index (Phi) is 2.92. The predicted octanol–water partition coefficient (Wildman–Crippen LogP) is 3.03. The molecule has 0 saturated carbocycles. The van der Waals surface area contributed by atoms with E-state index in [1.807, 2.05) is 32.0 Å². The predicted molar refractivity (Wildman–Crippen MR) is 81.7 cm³/mol. The quantitative estimate of drug-likeness (QED) is 0.751. The van der Waals surface area contributed by atoms with Gasteiger partial charge in [0.2, 0.25) is 5.91 Å². The Bertz CT molecular complexity index is 869. The van der Waals surface area contributed by atoms with Gasteiger partial charge in [-0.15, -0.1) is 0 Å². The van der Waals surface area contributed by atoms with Gasteiger partial charge in [0.1, 0.15) is 0 Å². The second-order valence-electron chi connectivity index (χ2n) is 5.21. The van der Waals surface area contributed by atoms with E-state index in [4.69, 9.17) is 0 Å². The van der Waals surface area contributed by atoms with E-state index >= 15 is 0 Å². The van der Waals surface area contributed by atoms with E-state index in [-0.39, 0.29) is 4.90 Å². The first-order valence-electron chi connectivity index (χ1n) is 6.61. The maximum atomic E-state index is 12.8. The van der Waals surface area contributed by atoms with Gasteiger partial charge in [0.25, 0.3) is 10.0 Å². The molecule has 0 N–H and O–H groups in total. The molecule has 0 radical (unpaired) electrons. The van der Waals surface area contributed by atoms with Crippen molar-refractivity contribution in [3.63, 3.8) is 0 Å². The minimum absolute atomic E-state index is 0.182. The number of benzene rings is 2. The molecule has 1 aliphatic heterocycles. The molecule has 4 nitrogen and oxygen atoms in total. The average Bonchev–Trinajstić information content (AvgIpc) is 2.42. The van der Waals surface area contributed by atoms with E-state index in [9.17, 15) is 13.2 Å². The summed E-state index contributed by atoms with van der Waals surface area (Å²) >= 11 is 0. The fourth-order valence-corrected chi connectivity index (χ4v) is 4.55. The number of aryl methyl sites for hydroxylation is 2. The summed E-state index contributed by atoms with van der Waals surface area (Å²) in [4.78, 5) is 12.2. The van der Waals surface area contributed by atoms with Crippen molar-refractivity contribution in [2.24, 2.45) is 0 Å². The van der Waals surface area contributed by atoms with Crippen molar-refractivity contribution in [2.75, 3.05) is 4.31 Å². The van der Waals surface area contributed by atoms with Crippen molar-refractivity contribution in [2.45, 2.75) is 25.7 Å². The van der Waals surface area contributed by atoms with Crippen LogP contribution in [0.1, 0.15) is 18.1 Å². The average molecular weight is 301 g/mol. The molecule has 0 bridgehead atoms. The highest BCUT2D eigenvalue weighted by molar-refractivity contribution is 7.93. The van der Waals surface area contributed by atoms with Gasteiger partial charge in [-0.1, -0.05) is 30.3 Å². The Morgan fingerprint density at radius 1 is 1.00 bits per heavy atom. The lowest BCUT2D eigenvalue weighted by molar-refractivity contribution is -0.115. The molecule has 1 amide bonds. The molecule has 0 atom stereocenters. The number of nitrogens with zero attached hydrogens (tertiary/aromatic N) is 1. The van der Waals surface area contributed by atoms with E-state index in [1.165, 1.54) is 6.92 Å². The lowest BCUT2D eigenvalue weighted by Gasteiger charge is -2.32. The molecule has 0 spiro atoms. The van der Waals surface area contributed by atoms with Gasteiger partial charge in [-0.2, -0.15) is 0 Å². The Morgan fingerprint density at radius 3 is 2.29 bits per heavy atom. The van der Waals surface area contributed by atoms with Gasteiger partial charge in [-0.3, -0.25) is 4.79 Å². The number of carbonyl (C=O) groups excluding carboxylic acids is 1. The van der Waals surface area contributed by atoms with Crippen molar-refractivity contribution >= 4 is 21.6 Å². The Balaban J connectivity index is 2.54. The minimum atomic E-state index is -3.85. The molecule has 2 aromatic carbocycles. The largest absolute Gasteiger partial charge is 0.274 e. The second-order valence-corrected chi connectivity index (χ2v) is 6.96. The van der Waals surface area contributed by atoms with Gasteiger partial charge in [0.05, 0.1) is 10.6 Å². The second kappa shape index (κ2) is 4.43. The van der Waals surface area contributed by atoms with Crippen molar-refractivity contribution < 1.29 is 13.2 Å². The number of amides is 1. The molecular formula is C16H15NO3S. The lowest BCUT2D eigenvalue weighted by atomic mass is 9.95. The Labute approximate surface area is 124 Å². The van der Waals surface area contributed by atoms with Gasteiger partial charge >= 0.3 is 0 Å². The van der Waals surface area contributed by atoms with Gasteiger partial charge in [-0.25, -0.2) is 12.7 Å². The molecule has 5 heteroatoms. The summed E-state index contributed by atoms with van der Waals surface area (Å²) < 4.78 is 26.5. The molecule has 0 aromatic heterocycles. The van der Waals surface area contributed by atoms with Gasteiger partial charge in [0, 0.05) is 18.1 Å². The topological polar surface area (TPSA) is 54.5 Å². The molecule has 1 heterocycles. The summed E-state index contributed by atoms with van der Waals surface area (Å²) in [6, 6.07) is 10.6. The summed E-state index contributed by atoms with van der Waals surface area (Å²) in [6.07, 6.45) is 0. The van der Waals surface area contributed by atoms with E-state index in [0.29, 0.717) is 11.3 Å². The highest BCUT2D eigenvalue weighted by Crippen LogP contribution is 2.46. The fourth-order valence-electron chi connectivity index (χ4n) is 2.84. The monoisotopic (exact) mass is 301 g/mol. The summed E-state index contributed by atoms with van der Waals surface area (Å²) in [7, 11) is -3.85. The smallest absolute Gasteiger partial charge is 0.271 e. The Morgan fingerprint density at radius 2 is 1.62 bits per heavy atom. The molecule has 0 fully saturated rings. The first kappa shape index (κ1) is 13.8. The van der Waals surface area contributed by atoms with E-state index < -0.39 is 15.9 Å². The first-order chi connectivity index (χ1) is 9.85. The highest BCUT2D eigenvalue weighted by atomic mass is 32.2. The van der Waals surface area contributed by atoms with Crippen LogP contribution in [0.4, 0.5) is 5.69 Å². The third-order valence-corrected chi connectivity index (χ3v) is 5.58. The van der Waals surface area contributed by atoms with Crippen LogP contribution in [0.15, 0.2) is 41.3 Å². The van der Waals surface area contributed by atoms with Gasteiger partial charge in [-0.05, 0) is 31.0 Å². The van der Waals surface area contributed by atoms with Crippen LogP contribution in [0.2, 0.25) is 0 Å². The number of rotatable bonds is 0. The van der Waals surface area contributed by atoms with Crippen molar-refractivity contribution in [1.29, 1.82) is 0 Å². The fraction of sp³-hybridized carbons (Fsp3) is 0.188. The summed E-state index contributed by atoms with van der Waals surface area (Å²) in [5, 5.41) is 0. The van der Waals surface area contributed by atoms with Crippen LogP contribution in [0.5, 0.6) is 0 Å². The van der Waals surface area contributed by atoms with Crippen LogP contribution in [-0.2, 0) is 14.8 Å². The number of anilines is 1. The number of fused-ring (bicyclic) bond motifs is 3. The highest BCUT2D eigenvalue weighted by Gasteiger charge is 2.38. The van der Waals surface area contributed by atoms with Crippen LogP contribution < -0.4 is 4.31 Å². The zero-order valence-corrected chi connectivity index (χ0v) is 12.9. The van der Waals surface area contributed by atoms with Crippen molar-refractivity contribution in [3.8, 4) is 11.1 Å². The molecule has 21 heavy (non-hydrogen) atoms. The number of carbonyl (C=O) groups is 1. The third-order valence-electron chi connectivity index (χ3n) is 3.75. The molecule has 0 saturated heterocycles. The maximum absolute atomic E-state index is 12.8. The van der Waals surface area contributed by atoms with Crippen LogP contribution in [0.25, 0.3) is 11.1 Å². The van der Waals surface area contributed by atoms with Crippen LogP contribution in [-0.4, -0.2) is 14.3 Å². The molecule has 0 aliphatic carbocycles. The third kappa shape index (κ3) is 1.81. The van der Waals surface area contributed by atoms with E-state index in [0.717, 1.165) is 21.0 Å². The molecule has 3 rings (SSSR count). The Hall–Kier alpha value is -2.14. The summed E-state index contributed by atoms with van der Waals surface area (Å²) in [5.41, 5.74) is 3.66. The van der Waals surface area contributed by atoms with Crippen LogP contribution in [0.3, 0.4) is 0 Å².